The zero-order valence-electron chi connectivity index (χ0n) is 12.7. The fourth-order valence-corrected chi connectivity index (χ4v) is 3.76. The van der Waals surface area contributed by atoms with Crippen molar-refractivity contribution in [2.24, 2.45) is 5.92 Å². The second kappa shape index (κ2) is 6.60. The lowest BCUT2D eigenvalue weighted by Gasteiger charge is -2.49. The predicted molar refractivity (Wildman–Crippen MR) is 83.6 cm³/mol. The minimum atomic E-state index is 0.408. The molecule has 2 atom stereocenters. The zero-order chi connectivity index (χ0) is 13.9. The van der Waals surface area contributed by atoms with Crippen LogP contribution in [0.3, 0.4) is 0 Å². The molecule has 0 radical (unpaired) electrons. The molecule has 0 aromatic carbocycles. The summed E-state index contributed by atoms with van der Waals surface area (Å²) >= 11 is 5.89. The van der Waals surface area contributed by atoms with Crippen LogP contribution in [0.15, 0.2) is 11.1 Å². The monoisotopic (exact) mass is 284 g/mol. The van der Waals surface area contributed by atoms with Crippen molar-refractivity contribution >= 4 is 11.6 Å². The second-order valence-corrected chi connectivity index (χ2v) is 6.86. The van der Waals surface area contributed by atoms with Crippen molar-refractivity contribution in [3.63, 3.8) is 0 Å². The number of hydrogen-bond acceptors (Lipinski definition) is 2. The first-order chi connectivity index (χ1) is 9.11. The maximum Gasteiger partial charge on any atom is 0.0338 e. The lowest BCUT2D eigenvalue weighted by atomic mass is 9.87. The predicted octanol–water partition coefficient (Wildman–Crippen LogP) is 3.76. The topological polar surface area (TPSA) is 15.3 Å². The first kappa shape index (κ1) is 15.3. The largest absolute Gasteiger partial charge is 0.311 e. The molecule has 1 aliphatic carbocycles. The van der Waals surface area contributed by atoms with Crippen LogP contribution in [0.2, 0.25) is 0 Å². The van der Waals surface area contributed by atoms with E-state index >= 15 is 0 Å². The molecule has 1 aliphatic heterocycles. The van der Waals surface area contributed by atoms with E-state index in [2.05, 4.69) is 31.0 Å². The third kappa shape index (κ3) is 3.34. The van der Waals surface area contributed by atoms with Crippen LogP contribution in [0.5, 0.6) is 0 Å². The SMILES string of the molecule is CCC(C)C1CN(CC(C)=CCl)C2(CCCC2)CN1. The van der Waals surface area contributed by atoms with Gasteiger partial charge in [-0.15, -0.1) is 0 Å². The first-order valence-corrected chi connectivity index (χ1v) is 8.29. The average Bonchev–Trinajstić information content (AvgIpc) is 2.89. The number of hydrogen-bond donors (Lipinski definition) is 1. The van der Waals surface area contributed by atoms with Crippen LogP contribution in [0.4, 0.5) is 0 Å². The van der Waals surface area contributed by atoms with Gasteiger partial charge in [0, 0.05) is 36.8 Å². The first-order valence-electron chi connectivity index (χ1n) is 7.85. The van der Waals surface area contributed by atoms with Crippen molar-refractivity contribution < 1.29 is 0 Å². The molecule has 1 heterocycles. The van der Waals surface area contributed by atoms with Gasteiger partial charge >= 0.3 is 0 Å². The van der Waals surface area contributed by atoms with Crippen molar-refractivity contribution in [3.05, 3.63) is 11.1 Å². The van der Waals surface area contributed by atoms with Gasteiger partial charge in [-0.25, -0.2) is 0 Å². The average molecular weight is 285 g/mol. The van der Waals surface area contributed by atoms with E-state index in [1.807, 2.05) is 0 Å². The van der Waals surface area contributed by atoms with Gasteiger partial charge in [-0.1, -0.05) is 44.7 Å². The Morgan fingerprint density at radius 2 is 2.16 bits per heavy atom. The van der Waals surface area contributed by atoms with Gasteiger partial charge in [-0.2, -0.15) is 0 Å². The van der Waals surface area contributed by atoms with Crippen LogP contribution in [0, 0.1) is 5.92 Å². The maximum absolute atomic E-state index is 5.89. The van der Waals surface area contributed by atoms with E-state index in [1.165, 1.54) is 44.2 Å². The van der Waals surface area contributed by atoms with Gasteiger partial charge in [0.2, 0.25) is 0 Å². The Balaban J connectivity index is 2.09. The van der Waals surface area contributed by atoms with Crippen molar-refractivity contribution in [1.82, 2.24) is 10.2 Å². The molecular weight excluding hydrogens is 256 g/mol. The molecule has 3 heteroatoms. The van der Waals surface area contributed by atoms with Gasteiger partial charge < -0.3 is 5.32 Å². The fraction of sp³-hybridized carbons (Fsp3) is 0.875. The third-order valence-corrected chi connectivity index (χ3v) is 5.65. The van der Waals surface area contributed by atoms with E-state index in [1.54, 1.807) is 5.54 Å². The highest BCUT2D eigenvalue weighted by Crippen LogP contribution is 2.38. The number of piperazine rings is 1. The zero-order valence-corrected chi connectivity index (χ0v) is 13.5. The van der Waals surface area contributed by atoms with E-state index in [0.29, 0.717) is 11.6 Å². The van der Waals surface area contributed by atoms with Crippen molar-refractivity contribution in [2.45, 2.75) is 64.5 Å². The van der Waals surface area contributed by atoms with Gasteiger partial charge in [0.05, 0.1) is 0 Å². The Kier molecular flexibility index (Phi) is 5.33. The highest BCUT2D eigenvalue weighted by molar-refractivity contribution is 6.25. The molecule has 2 unspecified atom stereocenters. The quantitative estimate of drug-likeness (QED) is 0.846. The third-order valence-electron chi connectivity index (χ3n) is 5.27. The molecule has 1 saturated carbocycles. The molecular formula is C16H29ClN2. The molecule has 0 amide bonds. The Labute approximate surface area is 123 Å². The minimum Gasteiger partial charge on any atom is -0.311 e. The molecule has 110 valence electrons. The highest BCUT2D eigenvalue weighted by Gasteiger charge is 2.43. The number of rotatable bonds is 4. The van der Waals surface area contributed by atoms with Crippen molar-refractivity contribution in [2.75, 3.05) is 19.6 Å². The van der Waals surface area contributed by atoms with Gasteiger partial charge in [0.15, 0.2) is 0 Å². The minimum absolute atomic E-state index is 0.408. The summed E-state index contributed by atoms with van der Waals surface area (Å²) < 4.78 is 0. The molecule has 0 bridgehead atoms. The number of nitrogens with one attached hydrogen (secondary N) is 1. The number of halogens is 1. The standard InChI is InChI=1S/C16H29ClN2/c1-4-14(3)15-11-19(10-13(2)9-17)16(12-18-15)7-5-6-8-16/h9,14-15,18H,4-8,10-12H2,1-3H3. The van der Waals surface area contributed by atoms with Gasteiger partial charge in [0.25, 0.3) is 0 Å². The van der Waals surface area contributed by atoms with Crippen molar-refractivity contribution in [3.8, 4) is 0 Å². The maximum atomic E-state index is 5.89. The molecule has 19 heavy (non-hydrogen) atoms. The van der Waals surface area contributed by atoms with Gasteiger partial charge in [-0.05, 0) is 31.3 Å². The van der Waals surface area contributed by atoms with Crippen LogP contribution in [0.25, 0.3) is 0 Å². The lowest BCUT2D eigenvalue weighted by Crippen LogP contribution is -2.65. The van der Waals surface area contributed by atoms with Crippen LogP contribution in [0.1, 0.15) is 52.9 Å². The van der Waals surface area contributed by atoms with Crippen LogP contribution < -0.4 is 5.32 Å². The van der Waals surface area contributed by atoms with E-state index in [9.17, 15) is 0 Å². The smallest absolute Gasteiger partial charge is 0.0338 e. The molecule has 1 N–H and O–H groups in total. The van der Waals surface area contributed by atoms with E-state index in [0.717, 1.165) is 19.0 Å². The second-order valence-electron chi connectivity index (χ2n) is 6.64. The summed E-state index contributed by atoms with van der Waals surface area (Å²) in [7, 11) is 0. The fourth-order valence-electron chi connectivity index (χ4n) is 3.69. The van der Waals surface area contributed by atoms with Crippen molar-refractivity contribution in [1.29, 1.82) is 0 Å². The summed E-state index contributed by atoms with van der Waals surface area (Å²) in [5.41, 5.74) is 3.45. The Hall–Kier alpha value is -0.0500. The Morgan fingerprint density at radius 3 is 2.74 bits per heavy atom. The molecule has 2 aliphatic rings. The normalized spacial score (nSPS) is 29.9. The Morgan fingerprint density at radius 1 is 1.47 bits per heavy atom. The molecule has 0 aromatic rings. The summed E-state index contributed by atoms with van der Waals surface area (Å²) in [6.45, 7) is 10.2. The molecule has 1 spiro atoms. The van der Waals surface area contributed by atoms with Gasteiger partial charge in [0.1, 0.15) is 0 Å². The lowest BCUT2D eigenvalue weighted by molar-refractivity contribution is 0.0390. The van der Waals surface area contributed by atoms with E-state index in [4.69, 9.17) is 11.6 Å². The summed E-state index contributed by atoms with van der Waals surface area (Å²) in [4.78, 5) is 2.72. The molecule has 1 saturated heterocycles. The van der Waals surface area contributed by atoms with Crippen LogP contribution >= 0.6 is 11.6 Å². The van der Waals surface area contributed by atoms with E-state index in [-0.39, 0.29) is 0 Å². The molecule has 2 nitrogen and oxygen atoms in total. The highest BCUT2D eigenvalue weighted by atomic mass is 35.5. The summed E-state index contributed by atoms with van der Waals surface area (Å²) in [6.07, 6.45) is 6.72. The molecule has 2 rings (SSSR count). The number of nitrogens with zero attached hydrogens (tertiary/aromatic N) is 1. The van der Waals surface area contributed by atoms with Crippen LogP contribution in [-0.2, 0) is 0 Å². The molecule has 2 fully saturated rings. The van der Waals surface area contributed by atoms with Crippen LogP contribution in [-0.4, -0.2) is 36.1 Å². The Bertz CT molecular complexity index is 321. The van der Waals surface area contributed by atoms with Gasteiger partial charge in [-0.3, -0.25) is 4.90 Å². The summed E-state index contributed by atoms with van der Waals surface area (Å²) in [5.74, 6) is 0.751. The van der Waals surface area contributed by atoms with E-state index < -0.39 is 0 Å². The molecule has 0 aromatic heterocycles. The summed E-state index contributed by atoms with van der Waals surface area (Å²) in [6, 6.07) is 0.638. The summed E-state index contributed by atoms with van der Waals surface area (Å²) in [5, 5.41) is 3.83.